The van der Waals surface area contributed by atoms with Crippen molar-refractivity contribution in [2.45, 2.75) is 26.7 Å². The highest BCUT2D eigenvalue weighted by Gasteiger charge is 2.14. The quantitative estimate of drug-likeness (QED) is 0.336. The summed E-state index contributed by atoms with van der Waals surface area (Å²) in [6.07, 6.45) is 3.55. The summed E-state index contributed by atoms with van der Waals surface area (Å²) in [5.41, 5.74) is 6.25. The molecule has 0 aliphatic rings. The molecule has 6 nitrogen and oxygen atoms in total. The fourth-order valence-electron chi connectivity index (χ4n) is 1.68. The number of nitrogens with two attached hydrogens (primary N) is 1. The highest BCUT2D eigenvalue weighted by atomic mass is 16.4. The van der Waals surface area contributed by atoms with Crippen LogP contribution >= 0.6 is 0 Å². The van der Waals surface area contributed by atoms with E-state index in [4.69, 9.17) is 10.9 Å². The second kappa shape index (κ2) is 6.67. The normalized spacial score (nSPS) is 11.5. The predicted molar refractivity (Wildman–Crippen MR) is 67.3 cm³/mol. The predicted octanol–water partition coefficient (Wildman–Crippen LogP) is 1.20. The van der Waals surface area contributed by atoms with Crippen molar-refractivity contribution in [2.75, 3.05) is 18.0 Å². The van der Waals surface area contributed by atoms with Crippen molar-refractivity contribution < 1.29 is 5.21 Å². The van der Waals surface area contributed by atoms with Gasteiger partial charge in [-0.3, -0.25) is 0 Å². The molecule has 0 aliphatic carbocycles. The van der Waals surface area contributed by atoms with E-state index < -0.39 is 0 Å². The number of oxime groups is 1. The molecule has 0 saturated heterocycles. The van der Waals surface area contributed by atoms with Crippen LogP contribution in [0.1, 0.15) is 32.3 Å². The molecule has 0 aromatic carbocycles. The van der Waals surface area contributed by atoms with E-state index in [2.05, 4.69) is 34.1 Å². The lowest BCUT2D eigenvalue weighted by atomic mass is 10.2. The van der Waals surface area contributed by atoms with Crippen molar-refractivity contribution in [3.63, 3.8) is 0 Å². The minimum atomic E-state index is 0.0621. The van der Waals surface area contributed by atoms with E-state index in [-0.39, 0.29) is 5.84 Å². The molecular weight excluding hydrogens is 218 g/mol. The first-order chi connectivity index (χ1) is 8.24. The lowest BCUT2D eigenvalue weighted by molar-refractivity contribution is 0.318. The summed E-state index contributed by atoms with van der Waals surface area (Å²) >= 11 is 0. The van der Waals surface area contributed by atoms with E-state index >= 15 is 0 Å². The molecule has 0 bridgehead atoms. The number of hydrogen-bond acceptors (Lipinski definition) is 5. The summed E-state index contributed by atoms with van der Waals surface area (Å²) in [7, 11) is 0. The Labute approximate surface area is 101 Å². The van der Waals surface area contributed by atoms with Gasteiger partial charge >= 0.3 is 0 Å². The second-order valence-corrected chi connectivity index (χ2v) is 3.74. The Bertz CT molecular complexity index is 374. The molecule has 1 heterocycles. The van der Waals surface area contributed by atoms with Gasteiger partial charge in [-0.05, 0) is 18.9 Å². The van der Waals surface area contributed by atoms with Crippen LogP contribution < -0.4 is 10.6 Å². The van der Waals surface area contributed by atoms with Crippen LogP contribution in [0, 0.1) is 0 Å². The average molecular weight is 237 g/mol. The lowest BCUT2D eigenvalue weighted by Gasteiger charge is -2.23. The summed E-state index contributed by atoms with van der Waals surface area (Å²) in [4.78, 5) is 2.10. The summed E-state index contributed by atoms with van der Waals surface area (Å²) in [5.74, 6) is 0.735. The molecule has 6 heteroatoms. The third-order valence-electron chi connectivity index (χ3n) is 2.37. The molecule has 0 spiro atoms. The van der Waals surface area contributed by atoms with Crippen molar-refractivity contribution >= 4 is 11.7 Å². The molecule has 0 fully saturated rings. The van der Waals surface area contributed by atoms with Crippen molar-refractivity contribution in [3.8, 4) is 0 Å². The molecule has 3 N–H and O–H groups in total. The van der Waals surface area contributed by atoms with Gasteiger partial charge in [0, 0.05) is 13.1 Å². The van der Waals surface area contributed by atoms with Gasteiger partial charge < -0.3 is 15.8 Å². The molecule has 1 rings (SSSR count). The summed E-state index contributed by atoms with van der Waals surface area (Å²) in [6.45, 7) is 5.95. The van der Waals surface area contributed by atoms with Gasteiger partial charge in [0.05, 0.1) is 11.8 Å². The number of aromatic nitrogens is 2. The van der Waals surface area contributed by atoms with Crippen LogP contribution in [0.4, 0.5) is 5.82 Å². The van der Waals surface area contributed by atoms with Crippen LogP contribution in [0.15, 0.2) is 17.4 Å². The number of nitrogens with zero attached hydrogens (tertiary/aromatic N) is 4. The molecule has 1 aromatic rings. The van der Waals surface area contributed by atoms with Gasteiger partial charge in [0.15, 0.2) is 11.7 Å². The van der Waals surface area contributed by atoms with E-state index in [9.17, 15) is 0 Å². The van der Waals surface area contributed by atoms with Crippen LogP contribution in [-0.4, -0.2) is 34.3 Å². The van der Waals surface area contributed by atoms with Crippen LogP contribution in [-0.2, 0) is 0 Å². The van der Waals surface area contributed by atoms with Crippen LogP contribution in [0.3, 0.4) is 0 Å². The van der Waals surface area contributed by atoms with Gasteiger partial charge in [-0.1, -0.05) is 19.0 Å². The molecule has 1 aromatic heterocycles. The molecule has 17 heavy (non-hydrogen) atoms. The number of hydrogen-bond donors (Lipinski definition) is 2. The fourth-order valence-corrected chi connectivity index (χ4v) is 1.68. The lowest BCUT2D eigenvalue weighted by Crippen LogP contribution is -2.29. The van der Waals surface area contributed by atoms with Crippen molar-refractivity contribution in [2.24, 2.45) is 10.9 Å². The summed E-state index contributed by atoms with van der Waals surface area (Å²) < 4.78 is 0. The van der Waals surface area contributed by atoms with E-state index in [1.807, 2.05) is 0 Å². The fraction of sp³-hybridized carbons (Fsp3) is 0.545. The Hall–Kier alpha value is -1.85. The first-order valence-electron chi connectivity index (χ1n) is 5.79. The molecule has 0 unspecified atom stereocenters. The Kier molecular flexibility index (Phi) is 5.19. The number of amidine groups is 1. The molecule has 0 radical (unpaired) electrons. The molecule has 94 valence electrons. The summed E-state index contributed by atoms with van der Waals surface area (Å²) in [5, 5.41) is 19.7. The van der Waals surface area contributed by atoms with E-state index in [1.165, 1.54) is 6.20 Å². The summed E-state index contributed by atoms with van der Waals surface area (Å²) in [6, 6.07) is 1.70. The van der Waals surface area contributed by atoms with Crippen LogP contribution in [0.25, 0.3) is 0 Å². The van der Waals surface area contributed by atoms with Gasteiger partial charge in [-0.2, -0.15) is 5.10 Å². The number of anilines is 1. The van der Waals surface area contributed by atoms with Crippen LogP contribution in [0.2, 0.25) is 0 Å². The zero-order valence-electron chi connectivity index (χ0n) is 10.3. The average Bonchev–Trinajstić information content (AvgIpc) is 2.37. The van der Waals surface area contributed by atoms with E-state index in [1.54, 1.807) is 6.07 Å². The highest BCUT2D eigenvalue weighted by Crippen LogP contribution is 2.16. The molecule has 0 aliphatic heterocycles. The van der Waals surface area contributed by atoms with Gasteiger partial charge in [-0.15, -0.1) is 5.10 Å². The minimum absolute atomic E-state index is 0.0621. The van der Waals surface area contributed by atoms with Gasteiger partial charge in [0.2, 0.25) is 0 Å². The standard InChI is InChI=1S/C11H19N5O/c1-3-7-16(8-4-2)11-9(10(12)15-17)5-6-13-14-11/h5-6,17H,3-4,7-8H2,1-2H3,(H2,12,15). The largest absolute Gasteiger partial charge is 0.409 e. The first kappa shape index (κ1) is 13.2. The van der Waals surface area contributed by atoms with Crippen molar-refractivity contribution in [1.29, 1.82) is 0 Å². The highest BCUT2D eigenvalue weighted by molar-refractivity contribution is 6.01. The first-order valence-corrected chi connectivity index (χ1v) is 5.79. The van der Waals surface area contributed by atoms with E-state index in [0.717, 1.165) is 25.9 Å². The Balaban J connectivity index is 3.08. The SMILES string of the molecule is CCCN(CCC)c1nnccc1/C(N)=N/O. The smallest absolute Gasteiger partial charge is 0.173 e. The van der Waals surface area contributed by atoms with Crippen molar-refractivity contribution in [3.05, 3.63) is 17.8 Å². The third-order valence-corrected chi connectivity index (χ3v) is 2.37. The maximum absolute atomic E-state index is 8.75. The maximum Gasteiger partial charge on any atom is 0.173 e. The Morgan fingerprint density at radius 2 is 2.06 bits per heavy atom. The molecular formula is C11H19N5O. The van der Waals surface area contributed by atoms with Crippen LogP contribution in [0.5, 0.6) is 0 Å². The van der Waals surface area contributed by atoms with Gasteiger partial charge in [0.25, 0.3) is 0 Å². The maximum atomic E-state index is 8.75. The van der Waals surface area contributed by atoms with E-state index in [0.29, 0.717) is 11.4 Å². The Morgan fingerprint density at radius 1 is 1.41 bits per heavy atom. The van der Waals surface area contributed by atoms with Crippen molar-refractivity contribution in [1.82, 2.24) is 10.2 Å². The zero-order chi connectivity index (χ0) is 12.7. The monoisotopic (exact) mass is 237 g/mol. The van der Waals surface area contributed by atoms with Gasteiger partial charge in [-0.25, -0.2) is 0 Å². The molecule has 0 saturated carbocycles. The topological polar surface area (TPSA) is 87.6 Å². The molecule has 0 amide bonds. The third kappa shape index (κ3) is 3.30. The molecule has 0 atom stereocenters. The zero-order valence-corrected chi connectivity index (χ0v) is 10.3. The number of rotatable bonds is 6. The minimum Gasteiger partial charge on any atom is -0.409 e. The van der Waals surface area contributed by atoms with Gasteiger partial charge in [0.1, 0.15) is 0 Å². The Morgan fingerprint density at radius 3 is 2.59 bits per heavy atom. The second-order valence-electron chi connectivity index (χ2n) is 3.74.